The molecule has 0 spiro atoms. The Labute approximate surface area is 125 Å². The smallest absolute Gasteiger partial charge is 0.186 e. The van der Waals surface area contributed by atoms with Crippen LogP contribution >= 0.6 is 0 Å². The summed E-state index contributed by atoms with van der Waals surface area (Å²) < 4.78 is 10.5. The summed E-state index contributed by atoms with van der Waals surface area (Å²) in [4.78, 5) is 0. The van der Waals surface area contributed by atoms with Crippen molar-refractivity contribution in [1.29, 1.82) is 0 Å². The molecule has 0 aromatic heterocycles. The summed E-state index contributed by atoms with van der Waals surface area (Å²) in [6, 6.07) is 0. The normalized spacial score (nSPS) is 34.9. The van der Waals surface area contributed by atoms with E-state index < -0.39 is 43.4 Å². The average molecular weight is 308 g/mol. The molecule has 21 heavy (non-hydrogen) atoms. The molecule has 5 N–H and O–H groups in total. The van der Waals surface area contributed by atoms with Gasteiger partial charge in [-0.2, -0.15) is 0 Å². The van der Waals surface area contributed by atoms with Crippen molar-refractivity contribution in [2.24, 2.45) is 0 Å². The molecule has 1 rings (SSSR count). The molecule has 0 unspecified atom stereocenters. The second-order valence-electron chi connectivity index (χ2n) is 5.51. The Balaban J connectivity index is 2.30. The molecule has 126 valence electrons. The van der Waals surface area contributed by atoms with Crippen molar-refractivity contribution >= 4 is 0 Å². The summed E-state index contributed by atoms with van der Waals surface area (Å²) in [5, 5.41) is 47.8. The van der Waals surface area contributed by atoms with E-state index in [2.05, 4.69) is 6.92 Å². The summed E-state index contributed by atoms with van der Waals surface area (Å²) in [6.07, 6.45) is -2.55. The Hall–Kier alpha value is -0.280. The van der Waals surface area contributed by atoms with Gasteiger partial charge in [-0.05, 0) is 12.8 Å². The van der Waals surface area contributed by atoms with E-state index in [9.17, 15) is 20.4 Å². The lowest BCUT2D eigenvalue weighted by molar-refractivity contribution is -0.301. The molecule has 0 amide bonds. The van der Waals surface area contributed by atoms with E-state index in [1.54, 1.807) is 0 Å². The number of ether oxygens (including phenoxy) is 2. The Bertz CT molecular complexity index is 274. The van der Waals surface area contributed by atoms with Gasteiger partial charge in [0.05, 0.1) is 19.3 Å². The summed E-state index contributed by atoms with van der Waals surface area (Å²) in [6.45, 7) is 1.77. The van der Waals surface area contributed by atoms with Crippen molar-refractivity contribution in [3.05, 3.63) is 0 Å². The van der Waals surface area contributed by atoms with Crippen LogP contribution in [0, 0.1) is 0 Å². The van der Waals surface area contributed by atoms with E-state index in [0.29, 0.717) is 12.8 Å². The van der Waals surface area contributed by atoms with Crippen molar-refractivity contribution in [1.82, 2.24) is 0 Å². The molecule has 0 aliphatic carbocycles. The van der Waals surface area contributed by atoms with Gasteiger partial charge in [-0.25, -0.2) is 0 Å². The van der Waals surface area contributed by atoms with Crippen LogP contribution in [0.1, 0.15) is 39.0 Å². The van der Waals surface area contributed by atoms with Gasteiger partial charge in [0.25, 0.3) is 0 Å². The SMILES string of the molecule is CCCCC[C@@H](O)CCO[C@@H]1O[C@H](CO)[C@@H](O)[C@H](O)[C@H]1O. The van der Waals surface area contributed by atoms with Crippen LogP contribution in [-0.4, -0.2) is 75.6 Å². The molecule has 6 atom stereocenters. The van der Waals surface area contributed by atoms with Gasteiger partial charge >= 0.3 is 0 Å². The fourth-order valence-electron chi connectivity index (χ4n) is 2.30. The molecular weight excluding hydrogens is 280 g/mol. The Morgan fingerprint density at radius 3 is 2.38 bits per heavy atom. The van der Waals surface area contributed by atoms with Crippen LogP contribution in [0.4, 0.5) is 0 Å². The standard InChI is InChI=1S/C14H28O7/c1-2-3-4-5-9(16)6-7-20-14-13(19)12(18)11(17)10(8-15)21-14/h9-19H,2-8H2,1H3/t9-,10-,11-,12+,13-,14-/m1/s1. The number of aliphatic hydroxyl groups is 5. The molecule has 1 aliphatic heterocycles. The zero-order chi connectivity index (χ0) is 15.8. The van der Waals surface area contributed by atoms with Crippen molar-refractivity contribution in [2.45, 2.75) is 75.8 Å². The Kier molecular flexibility index (Phi) is 8.65. The van der Waals surface area contributed by atoms with Gasteiger partial charge in [-0.15, -0.1) is 0 Å². The fourth-order valence-corrected chi connectivity index (χ4v) is 2.30. The molecule has 7 nitrogen and oxygen atoms in total. The first kappa shape index (κ1) is 18.8. The van der Waals surface area contributed by atoms with Crippen LogP contribution in [0.5, 0.6) is 0 Å². The van der Waals surface area contributed by atoms with E-state index in [4.69, 9.17) is 14.6 Å². The lowest BCUT2D eigenvalue weighted by Gasteiger charge is -2.39. The maximum Gasteiger partial charge on any atom is 0.186 e. The van der Waals surface area contributed by atoms with Crippen molar-refractivity contribution in [3.8, 4) is 0 Å². The Morgan fingerprint density at radius 2 is 1.76 bits per heavy atom. The molecule has 0 saturated carbocycles. The highest BCUT2D eigenvalue weighted by Crippen LogP contribution is 2.22. The fraction of sp³-hybridized carbons (Fsp3) is 1.00. The van der Waals surface area contributed by atoms with Gasteiger partial charge < -0.3 is 35.0 Å². The molecular formula is C14H28O7. The summed E-state index contributed by atoms with van der Waals surface area (Å²) in [5.41, 5.74) is 0. The first-order valence-electron chi connectivity index (χ1n) is 7.61. The van der Waals surface area contributed by atoms with Crippen molar-refractivity contribution < 1.29 is 35.0 Å². The first-order chi connectivity index (χ1) is 10.0. The van der Waals surface area contributed by atoms with E-state index in [-0.39, 0.29) is 6.61 Å². The second kappa shape index (κ2) is 9.68. The number of unbranched alkanes of at least 4 members (excludes halogenated alkanes) is 2. The van der Waals surface area contributed by atoms with Crippen LogP contribution in [-0.2, 0) is 9.47 Å². The monoisotopic (exact) mass is 308 g/mol. The minimum absolute atomic E-state index is 0.163. The maximum atomic E-state index is 9.76. The van der Waals surface area contributed by atoms with Crippen molar-refractivity contribution in [2.75, 3.05) is 13.2 Å². The number of hydrogen-bond acceptors (Lipinski definition) is 7. The molecule has 0 aromatic carbocycles. The Morgan fingerprint density at radius 1 is 1.05 bits per heavy atom. The zero-order valence-electron chi connectivity index (χ0n) is 12.5. The highest BCUT2D eigenvalue weighted by molar-refractivity contribution is 4.88. The van der Waals surface area contributed by atoms with Gasteiger partial charge in [0, 0.05) is 0 Å². The topological polar surface area (TPSA) is 120 Å². The minimum atomic E-state index is -1.43. The molecule has 1 aliphatic rings. The summed E-state index contributed by atoms with van der Waals surface area (Å²) >= 11 is 0. The largest absolute Gasteiger partial charge is 0.394 e. The highest BCUT2D eigenvalue weighted by Gasteiger charge is 2.43. The number of hydrogen-bond donors (Lipinski definition) is 5. The third-order valence-corrected chi connectivity index (χ3v) is 3.72. The van der Waals surface area contributed by atoms with Crippen LogP contribution < -0.4 is 0 Å². The molecule has 1 saturated heterocycles. The van der Waals surface area contributed by atoms with E-state index in [1.807, 2.05) is 0 Å². The maximum absolute atomic E-state index is 9.76. The lowest BCUT2D eigenvalue weighted by Crippen LogP contribution is -2.59. The first-order valence-corrected chi connectivity index (χ1v) is 7.61. The van der Waals surface area contributed by atoms with Crippen molar-refractivity contribution in [3.63, 3.8) is 0 Å². The molecule has 0 aromatic rings. The molecule has 7 heteroatoms. The lowest BCUT2D eigenvalue weighted by atomic mass is 9.99. The van der Waals surface area contributed by atoms with Gasteiger partial charge in [0.1, 0.15) is 24.4 Å². The molecule has 1 fully saturated rings. The van der Waals surface area contributed by atoms with Gasteiger partial charge in [-0.1, -0.05) is 26.2 Å². The molecule has 0 radical (unpaired) electrons. The third kappa shape index (κ3) is 5.78. The van der Waals surface area contributed by atoms with Gasteiger partial charge in [0.2, 0.25) is 0 Å². The van der Waals surface area contributed by atoms with Gasteiger partial charge in [-0.3, -0.25) is 0 Å². The van der Waals surface area contributed by atoms with Crippen LogP contribution in [0.25, 0.3) is 0 Å². The van der Waals surface area contributed by atoms with E-state index in [0.717, 1.165) is 19.3 Å². The van der Waals surface area contributed by atoms with E-state index >= 15 is 0 Å². The molecule has 0 bridgehead atoms. The van der Waals surface area contributed by atoms with E-state index in [1.165, 1.54) is 0 Å². The number of aliphatic hydroxyl groups excluding tert-OH is 5. The quantitative estimate of drug-likeness (QED) is 0.351. The second-order valence-corrected chi connectivity index (χ2v) is 5.51. The summed E-state index contributed by atoms with van der Waals surface area (Å²) in [7, 11) is 0. The van der Waals surface area contributed by atoms with Gasteiger partial charge in [0.15, 0.2) is 6.29 Å². The minimum Gasteiger partial charge on any atom is -0.394 e. The summed E-state index contributed by atoms with van der Waals surface area (Å²) in [5.74, 6) is 0. The van der Waals surface area contributed by atoms with Crippen LogP contribution in [0.15, 0.2) is 0 Å². The average Bonchev–Trinajstić information content (AvgIpc) is 2.47. The third-order valence-electron chi connectivity index (χ3n) is 3.72. The predicted octanol–water partition coefficient (Wildman–Crippen LogP) is -0.866. The number of rotatable bonds is 9. The highest BCUT2D eigenvalue weighted by atomic mass is 16.7. The molecule has 1 heterocycles. The van der Waals surface area contributed by atoms with Crippen LogP contribution in [0.3, 0.4) is 0 Å². The van der Waals surface area contributed by atoms with Crippen LogP contribution in [0.2, 0.25) is 0 Å². The predicted molar refractivity (Wildman–Crippen MR) is 74.5 cm³/mol. The zero-order valence-corrected chi connectivity index (χ0v) is 12.5.